The highest BCUT2D eigenvalue weighted by Gasteiger charge is 2.49. The molecular weight excluding hydrogens is 252 g/mol. The molecule has 110 valence electrons. The number of benzene rings is 1. The van der Waals surface area contributed by atoms with E-state index in [9.17, 15) is 15.0 Å². The molecule has 3 nitrogen and oxygen atoms in total. The minimum atomic E-state index is -1.78. The summed E-state index contributed by atoms with van der Waals surface area (Å²) >= 11 is 0. The topological polar surface area (TPSA) is 57.5 Å². The number of carboxylic acid groups (broad SMARTS) is 1. The van der Waals surface area contributed by atoms with Gasteiger partial charge in [-0.05, 0) is 36.2 Å². The SMILES string of the molecule is CC1CC(C(O)(C(=O)O)c2ccccc2)CC(C)(C)C1. The molecule has 3 heteroatoms. The van der Waals surface area contributed by atoms with Crippen LogP contribution in [0.25, 0.3) is 0 Å². The van der Waals surface area contributed by atoms with Crippen LogP contribution in [0.1, 0.15) is 45.6 Å². The van der Waals surface area contributed by atoms with Gasteiger partial charge >= 0.3 is 5.97 Å². The molecule has 2 N–H and O–H groups in total. The van der Waals surface area contributed by atoms with Crippen molar-refractivity contribution < 1.29 is 15.0 Å². The van der Waals surface area contributed by atoms with Crippen molar-refractivity contribution in [2.45, 2.75) is 45.6 Å². The van der Waals surface area contributed by atoms with E-state index in [1.54, 1.807) is 24.3 Å². The summed E-state index contributed by atoms with van der Waals surface area (Å²) in [5.74, 6) is -0.960. The van der Waals surface area contributed by atoms with Gasteiger partial charge in [-0.25, -0.2) is 4.79 Å². The van der Waals surface area contributed by atoms with Gasteiger partial charge in [0.25, 0.3) is 0 Å². The minimum absolute atomic E-state index is 0.0700. The molecule has 1 aromatic rings. The Kier molecular flexibility index (Phi) is 3.92. The minimum Gasteiger partial charge on any atom is -0.479 e. The van der Waals surface area contributed by atoms with Gasteiger partial charge in [-0.15, -0.1) is 0 Å². The molecule has 0 aromatic heterocycles. The molecule has 0 aliphatic heterocycles. The maximum atomic E-state index is 11.8. The summed E-state index contributed by atoms with van der Waals surface area (Å²) in [5.41, 5.74) is -1.23. The molecular formula is C17H24O3. The van der Waals surface area contributed by atoms with Crippen molar-refractivity contribution in [3.8, 4) is 0 Å². The molecule has 2 rings (SSSR count). The van der Waals surface area contributed by atoms with Crippen molar-refractivity contribution in [1.29, 1.82) is 0 Å². The van der Waals surface area contributed by atoms with Gasteiger partial charge in [-0.3, -0.25) is 0 Å². The van der Waals surface area contributed by atoms with E-state index in [1.165, 1.54) is 0 Å². The van der Waals surface area contributed by atoms with E-state index in [0.29, 0.717) is 11.5 Å². The third-order valence-electron chi connectivity index (χ3n) is 4.52. The number of carboxylic acids is 1. The molecule has 1 saturated carbocycles. The fourth-order valence-electron chi connectivity index (χ4n) is 3.89. The zero-order chi connectivity index (χ0) is 15.0. The van der Waals surface area contributed by atoms with E-state index in [-0.39, 0.29) is 11.3 Å². The molecule has 1 fully saturated rings. The van der Waals surface area contributed by atoms with Crippen molar-refractivity contribution in [3.63, 3.8) is 0 Å². The number of hydrogen-bond acceptors (Lipinski definition) is 2. The van der Waals surface area contributed by atoms with Crippen LogP contribution in [-0.2, 0) is 10.4 Å². The summed E-state index contributed by atoms with van der Waals surface area (Å²) in [7, 11) is 0. The van der Waals surface area contributed by atoms with E-state index in [4.69, 9.17) is 0 Å². The van der Waals surface area contributed by atoms with Crippen molar-refractivity contribution in [2.24, 2.45) is 17.3 Å². The van der Waals surface area contributed by atoms with Crippen LogP contribution in [0.2, 0.25) is 0 Å². The average molecular weight is 276 g/mol. The van der Waals surface area contributed by atoms with Gasteiger partial charge in [0.05, 0.1) is 0 Å². The zero-order valence-corrected chi connectivity index (χ0v) is 12.5. The Labute approximate surface area is 120 Å². The van der Waals surface area contributed by atoms with Gasteiger partial charge in [-0.2, -0.15) is 0 Å². The normalized spacial score (nSPS) is 28.6. The molecule has 0 radical (unpaired) electrons. The summed E-state index contributed by atoms with van der Waals surface area (Å²) in [6, 6.07) is 8.81. The highest BCUT2D eigenvalue weighted by atomic mass is 16.4. The monoisotopic (exact) mass is 276 g/mol. The molecule has 0 spiro atoms. The van der Waals surface area contributed by atoms with Crippen LogP contribution in [0, 0.1) is 17.3 Å². The predicted molar refractivity (Wildman–Crippen MR) is 78.3 cm³/mol. The summed E-state index contributed by atoms with van der Waals surface area (Å²) in [6.45, 7) is 6.45. The van der Waals surface area contributed by atoms with Crippen LogP contribution in [0.15, 0.2) is 30.3 Å². The summed E-state index contributed by atoms with van der Waals surface area (Å²) in [5, 5.41) is 20.6. The Morgan fingerprint density at radius 3 is 2.35 bits per heavy atom. The Morgan fingerprint density at radius 2 is 1.85 bits per heavy atom. The van der Waals surface area contributed by atoms with Crippen LogP contribution in [0.3, 0.4) is 0 Å². The number of aliphatic hydroxyl groups is 1. The molecule has 0 bridgehead atoms. The first-order valence-corrected chi connectivity index (χ1v) is 7.27. The van der Waals surface area contributed by atoms with Gasteiger partial charge in [0.15, 0.2) is 5.60 Å². The van der Waals surface area contributed by atoms with Crippen molar-refractivity contribution in [1.82, 2.24) is 0 Å². The average Bonchev–Trinajstić information content (AvgIpc) is 2.36. The maximum absolute atomic E-state index is 11.8. The van der Waals surface area contributed by atoms with E-state index in [0.717, 1.165) is 19.3 Å². The Bertz CT molecular complexity index is 480. The van der Waals surface area contributed by atoms with Crippen molar-refractivity contribution in [3.05, 3.63) is 35.9 Å². The second kappa shape index (κ2) is 5.21. The maximum Gasteiger partial charge on any atom is 0.340 e. The Morgan fingerprint density at radius 1 is 1.25 bits per heavy atom. The second-order valence-corrected chi connectivity index (χ2v) is 7.05. The molecule has 1 aromatic carbocycles. The fraction of sp³-hybridized carbons (Fsp3) is 0.588. The fourth-order valence-corrected chi connectivity index (χ4v) is 3.89. The molecule has 0 heterocycles. The van der Waals surface area contributed by atoms with Crippen LogP contribution < -0.4 is 0 Å². The molecule has 0 saturated heterocycles. The quantitative estimate of drug-likeness (QED) is 0.889. The number of carbonyl (C=O) groups is 1. The number of aliphatic carboxylic acids is 1. The second-order valence-electron chi connectivity index (χ2n) is 7.05. The standard InChI is InChI=1S/C17H24O3/c1-12-9-14(11-16(2,3)10-12)17(20,15(18)19)13-7-5-4-6-8-13/h4-8,12,14,20H,9-11H2,1-3H3,(H,18,19). The van der Waals surface area contributed by atoms with E-state index in [2.05, 4.69) is 20.8 Å². The summed E-state index contributed by atoms with van der Waals surface area (Å²) in [6.07, 6.45) is 2.56. The van der Waals surface area contributed by atoms with Gasteiger partial charge in [0, 0.05) is 5.92 Å². The van der Waals surface area contributed by atoms with Crippen LogP contribution in [0.4, 0.5) is 0 Å². The number of hydrogen-bond donors (Lipinski definition) is 2. The van der Waals surface area contributed by atoms with Crippen LogP contribution in [0.5, 0.6) is 0 Å². The lowest BCUT2D eigenvalue weighted by molar-refractivity contribution is -0.171. The predicted octanol–water partition coefficient (Wildman–Crippen LogP) is 3.42. The Hall–Kier alpha value is -1.35. The van der Waals surface area contributed by atoms with E-state index < -0.39 is 11.6 Å². The number of rotatable bonds is 3. The van der Waals surface area contributed by atoms with Crippen molar-refractivity contribution in [2.75, 3.05) is 0 Å². The van der Waals surface area contributed by atoms with Gasteiger partial charge in [-0.1, -0.05) is 51.1 Å². The molecule has 3 unspecified atom stereocenters. The highest BCUT2D eigenvalue weighted by Crippen LogP contribution is 2.48. The molecule has 1 aliphatic rings. The van der Waals surface area contributed by atoms with E-state index >= 15 is 0 Å². The smallest absolute Gasteiger partial charge is 0.340 e. The van der Waals surface area contributed by atoms with Gasteiger partial charge in [0.1, 0.15) is 0 Å². The van der Waals surface area contributed by atoms with Gasteiger partial charge in [0.2, 0.25) is 0 Å². The van der Waals surface area contributed by atoms with Crippen LogP contribution >= 0.6 is 0 Å². The first-order chi connectivity index (χ1) is 9.25. The van der Waals surface area contributed by atoms with Gasteiger partial charge < -0.3 is 10.2 Å². The van der Waals surface area contributed by atoms with E-state index in [1.807, 2.05) is 6.07 Å². The summed E-state index contributed by atoms with van der Waals surface area (Å²) < 4.78 is 0. The first-order valence-electron chi connectivity index (χ1n) is 7.27. The largest absolute Gasteiger partial charge is 0.479 e. The van der Waals surface area contributed by atoms with Crippen molar-refractivity contribution >= 4 is 5.97 Å². The lowest BCUT2D eigenvalue weighted by Crippen LogP contribution is -2.47. The summed E-state index contributed by atoms with van der Waals surface area (Å²) in [4.78, 5) is 11.8. The molecule has 0 amide bonds. The molecule has 1 aliphatic carbocycles. The molecule has 3 atom stereocenters. The zero-order valence-electron chi connectivity index (χ0n) is 12.5. The molecule has 20 heavy (non-hydrogen) atoms. The Balaban J connectivity index is 2.41. The third kappa shape index (κ3) is 2.73. The van der Waals surface area contributed by atoms with Crippen LogP contribution in [-0.4, -0.2) is 16.2 Å². The third-order valence-corrected chi connectivity index (χ3v) is 4.52. The highest BCUT2D eigenvalue weighted by molar-refractivity contribution is 5.79. The first kappa shape index (κ1) is 15.0. The lowest BCUT2D eigenvalue weighted by Gasteiger charge is -2.44. The lowest BCUT2D eigenvalue weighted by atomic mass is 9.62.